The standard InChI is InChI=1S/C25H26N4OS/c1-17-24(18(2)29(28-17)15-21-7-5-4-6-8-21)25(30)26-14-13-20-9-11-22(12-10-20)23-16-31-19(3)27-23/h4-12,16H,13-15H2,1-3H3,(H,26,30). The first-order valence-electron chi connectivity index (χ1n) is 10.4. The number of rotatable bonds is 7. The van der Waals surface area contributed by atoms with Crippen LogP contribution in [0.5, 0.6) is 0 Å². The lowest BCUT2D eigenvalue weighted by molar-refractivity contribution is 0.0953. The number of nitrogens with one attached hydrogen (secondary N) is 1. The molecule has 0 atom stereocenters. The molecule has 0 aliphatic carbocycles. The molecule has 0 unspecified atom stereocenters. The summed E-state index contributed by atoms with van der Waals surface area (Å²) in [6.07, 6.45) is 0.776. The van der Waals surface area contributed by atoms with Crippen molar-refractivity contribution >= 4 is 17.2 Å². The SMILES string of the molecule is Cc1nc(-c2ccc(CCNC(=O)c3c(C)nn(Cc4ccccc4)c3C)cc2)cs1. The molecule has 0 aliphatic heterocycles. The van der Waals surface area contributed by atoms with Crippen molar-refractivity contribution in [3.05, 3.63) is 93.1 Å². The van der Waals surface area contributed by atoms with E-state index in [0.29, 0.717) is 18.7 Å². The fourth-order valence-corrected chi connectivity index (χ4v) is 4.30. The third-order valence-corrected chi connectivity index (χ3v) is 6.13. The number of hydrogen-bond donors (Lipinski definition) is 1. The van der Waals surface area contributed by atoms with Gasteiger partial charge in [-0.1, -0.05) is 54.6 Å². The first kappa shape index (κ1) is 21.0. The molecule has 1 amide bonds. The number of benzene rings is 2. The second-order valence-electron chi connectivity index (χ2n) is 7.64. The summed E-state index contributed by atoms with van der Waals surface area (Å²) in [5, 5.41) is 10.8. The summed E-state index contributed by atoms with van der Waals surface area (Å²) in [7, 11) is 0. The number of aryl methyl sites for hydroxylation is 2. The first-order valence-corrected chi connectivity index (χ1v) is 11.3. The minimum Gasteiger partial charge on any atom is -0.352 e. The van der Waals surface area contributed by atoms with Crippen molar-refractivity contribution in [1.29, 1.82) is 0 Å². The van der Waals surface area contributed by atoms with Crippen molar-refractivity contribution in [1.82, 2.24) is 20.1 Å². The maximum Gasteiger partial charge on any atom is 0.255 e. The lowest BCUT2D eigenvalue weighted by Gasteiger charge is -2.08. The van der Waals surface area contributed by atoms with Crippen LogP contribution in [0.15, 0.2) is 60.0 Å². The van der Waals surface area contributed by atoms with Gasteiger partial charge in [-0.25, -0.2) is 4.98 Å². The highest BCUT2D eigenvalue weighted by Crippen LogP contribution is 2.22. The number of carbonyl (C=O) groups excluding carboxylic acids is 1. The maximum absolute atomic E-state index is 12.8. The van der Waals surface area contributed by atoms with Gasteiger partial charge < -0.3 is 5.32 Å². The van der Waals surface area contributed by atoms with Crippen LogP contribution in [0.25, 0.3) is 11.3 Å². The number of nitrogens with zero attached hydrogens (tertiary/aromatic N) is 3. The Labute approximate surface area is 186 Å². The fourth-order valence-electron chi connectivity index (χ4n) is 3.68. The zero-order valence-electron chi connectivity index (χ0n) is 18.1. The molecule has 0 saturated carbocycles. The molecule has 4 rings (SSSR count). The van der Waals surface area contributed by atoms with Gasteiger partial charge in [0.25, 0.3) is 5.91 Å². The van der Waals surface area contributed by atoms with Crippen LogP contribution in [-0.4, -0.2) is 27.2 Å². The average molecular weight is 431 g/mol. The molecule has 0 spiro atoms. The molecule has 0 fully saturated rings. The molecule has 5 nitrogen and oxygen atoms in total. The Morgan fingerprint density at radius 1 is 1.00 bits per heavy atom. The molecule has 2 aromatic carbocycles. The summed E-state index contributed by atoms with van der Waals surface area (Å²) >= 11 is 1.66. The third-order valence-electron chi connectivity index (χ3n) is 5.35. The molecule has 6 heteroatoms. The smallest absolute Gasteiger partial charge is 0.255 e. The summed E-state index contributed by atoms with van der Waals surface area (Å²) in [4.78, 5) is 17.3. The van der Waals surface area contributed by atoms with Crippen molar-refractivity contribution < 1.29 is 4.79 Å². The molecule has 4 aromatic rings. The predicted octanol–water partition coefficient (Wildman–Crippen LogP) is 4.95. The van der Waals surface area contributed by atoms with E-state index in [4.69, 9.17) is 0 Å². The average Bonchev–Trinajstić information content (AvgIpc) is 3.32. The molecule has 0 bridgehead atoms. The fraction of sp³-hybridized carbons (Fsp3) is 0.240. The molecule has 0 saturated heterocycles. The van der Waals surface area contributed by atoms with Gasteiger partial charge >= 0.3 is 0 Å². The van der Waals surface area contributed by atoms with E-state index in [1.54, 1.807) is 11.3 Å². The minimum absolute atomic E-state index is 0.0659. The van der Waals surface area contributed by atoms with Crippen LogP contribution in [0.3, 0.4) is 0 Å². The first-order chi connectivity index (χ1) is 15.0. The highest BCUT2D eigenvalue weighted by atomic mass is 32.1. The van der Waals surface area contributed by atoms with Crippen LogP contribution >= 0.6 is 11.3 Å². The van der Waals surface area contributed by atoms with Crippen molar-refractivity contribution in [2.24, 2.45) is 0 Å². The van der Waals surface area contributed by atoms with Gasteiger partial charge in [0.15, 0.2) is 0 Å². The number of hydrogen-bond acceptors (Lipinski definition) is 4. The molecule has 0 radical (unpaired) electrons. The van der Waals surface area contributed by atoms with Crippen molar-refractivity contribution in [2.45, 2.75) is 33.7 Å². The van der Waals surface area contributed by atoms with Crippen LogP contribution in [0.1, 0.15) is 37.9 Å². The number of aromatic nitrogens is 3. The van der Waals surface area contributed by atoms with Crippen LogP contribution in [0, 0.1) is 20.8 Å². The second-order valence-corrected chi connectivity index (χ2v) is 8.71. The van der Waals surface area contributed by atoms with Crippen LogP contribution in [-0.2, 0) is 13.0 Å². The van der Waals surface area contributed by atoms with Crippen molar-refractivity contribution in [3.63, 3.8) is 0 Å². The van der Waals surface area contributed by atoms with Crippen LogP contribution in [0.4, 0.5) is 0 Å². The van der Waals surface area contributed by atoms with E-state index in [2.05, 4.69) is 57.2 Å². The summed E-state index contributed by atoms with van der Waals surface area (Å²) in [5.41, 5.74) is 6.80. The highest BCUT2D eigenvalue weighted by Gasteiger charge is 2.18. The van der Waals surface area contributed by atoms with Crippen LogP contribution < -0.4 is 5.32 Å². The van der Waals surface area contributed by atoms with Gasteiger partial charge in [0, 0.05) is 23.2 Å². The minimum atomic E-state index is -0.0659. The van der Waals surface area contributed by atoms with E-state index < -0.39 is 0 Å². The van der Waals surface area contributed by atoms with Gasteiger partial charge in [-0.2, -0.15) is 5.10 Å². The maximum atomic E-state index is 12.8. The number of carbonyl (C=O) groups is 1. The van der Waals surface area contributed by atoms with E-state index in [0.717, 1.165) is 39.6 Å². The van der Waals surface area contributed by atoms with Gasteiger partial charge in [0.2, 0.25) is 0 Å². The molecule has 158 valence electrons. The molecule has 0 aliphatic rings. The van der Waals surface area contributed by atoms with Gasteiger partial charge in [-0.05, 0) is 38.3 Å². The lowest BCUT2D eigenvalue weighted by atomic mass is 10.1. The van der Waals surface area contributed by atoms with Gasteiger partial charge in [-0.15, -0.1) is 11.3 Å². The number of thiazole rings is 1. The van der Waals surface area contributed by atoms with Gasteiger partial charge in [-0.3, -0.25) is 9.48 Å². The van der Waals surface area contributed by atoms with Crippen molar-refractivity contribution in [3.8, 4) is 11.3 Å². The summed E-state index contributed by atoms with van der Waals surface area (Å²) in [6.45, 7) is 7.10. The zero-order valence-corrected chi connectivity index (χ0v) is 18.9. The Bertz CT molecular complexity index is 1180. The summed E-state index contributed by atoms with van der Waals surface area (Å²) in [5.74, 6) is -0.0659. The summed E-state index contributed by atoms with van der Waals surface area (Å²) in [6, 6.07) is 18.5. The topological polar surface area (TPSA) is 59.8 Å². The normalized spacial score (nSPS) is 10.9. The van der Waals surface area contributed by atoms with Crippen LogP contribution in [0.2, 0.25) is 0 Å². The summed E-state index contributed by atoms with van der Waals surface area (Å²) < 4.78 is 1.90. The Morgan fingerprint density at radius 3 is 2.42 bits per heavy atom. The molecular weight excluding hydrogens is 404 g/mol. The number of amides is 1. The molecular formula is C25H26N4OS. The molecule has 2 heterocycles. The van der Waals surface area contributed by atoms with E-state index >= 15 is 0 Å². The predicted molar refractivity (Wildman–Crippen MR) is 126 cm³/mol. The van der Waals surface area contributed by atoms with Gasteiger partial charge in [0.05, 0.1) is 28.5 Å². The van der Waals surface area contributed by atoms with E-state index in [1.807, 2.05) is 43.7 Å². The molecule has 31 heavy (non-hydrogen) atoms. The second kappa shape index (κ2) is 9.27. The quantitative estimate of drug-likeness (QED) is 0.451. The Kier molecular flexibility index (Phi) is 6.28. The monoisotopic (exact) mass is 430 g/mol. The van der Waals surface area contributed by atoms with Gasteiger partial charge in [0.1, 0.15) is 0 Å². The van der Waals surface area contributed by atoms with E-state index in [9.17, 15) is 4.79 Å². The Morgan fingerprint density at radius 2 is 1.74 bits per heavy atom. The largest absolute Gasteiger partial charge is 0.352 e. The van der Waals surface area contributed by atoms with E-state index in [1.165, 1.54) is 5.56 Å². The van der Waals surface area contributed by atoms with E-state index in [-0.39, 0.29) is 5.91 Å². The Balaban J connectivity index is 1.36. The zero-order chi connectivity index (χ0) is 21.8. The highest BCUT2D eigenvalue weighted by molar-refractivity contribution is 7.09. The lowest BCUT2D eigenvalue weighted by Crippen LogP contribution is -2.26. The molecule has 2 aromatic heterocycles. The van der Waals surface area contributed by atoms with Crippen molar-refractivity contribution in [2.75, 3.05) is 6.54 Å². The Hall–Kier alpha value is -3.25. The third kappa shape index (κ3) is 4.91. The molecule has 1 N–H and O–H groups in total.